The molecule has 0 aromatic heterocycles. The Morgan fingerprint density at radius 2 is 1.88 bits per heavy atom. The van der Waals surface area contributed by atoms with Crippen LogP contribution in [0, 0.1) is 0 Å². The Morgan fingerprint density at radius 1 is 1.25 bits per heavy atom. The number of esters is 1. The minimum absolute atomic E-state index is 0.229. The van der Waals surface area contributed by atoms with Gasteiger partial charge in [0.1, 0.15) is 23.2 Å². The molecule has 1 aliphatic heterocycles. The van der Waals surface area contributed by atoms with Crippen molar-refractivity contribution in [1.29, 1.82) is 0 Å². The van der Waals surface area contributed by atoms with Gasteiger partial charge in [0.2, 0.25) is 0 Å². The Kier molecular flexibility index (Phi) is 2.73. The average molecular weight is 222 g/mol. The van der Waals surface area contributed by atoms with Gasteiger partial charge in [-0.25, -0.2) is 4.79 Å². The van der Waals surface area contributed by atoms with E-state index in [9.17, 15) is 4.79 Å². The van der Waals surface area contributed by atoms with Crippen LogP contribution in [0.25, 0.3) is 0 Å². The Balaban J connectivity index is 2.64. The van der Waals surface area contributed by atoms with Gasteiger partial charge >= 0.3 is 5.97 Å². The standard InChI is InChI=1S/C12H14O4/c1-4-7-10-8(14-2)5-6-9(15-3)11(10)12(13)16-7/h5-7H,4H2,1-3H3/t7-/m0/s1. The Bertz CT molecular complexity index is 425. The smallest absolute Gasteiger partial charge is 0.343 e. The molecular weight excluding hydrogens is 208 g/mol. The zero-order valence-corrected chi connectivity index (χ0v) is 9.57. The fourth-order valence-corrected chi connectivity index (χ4v) is 1.99. The van der Waals surface area contributed by atoms with Crippen LogP contribution in [0.5, 0.6) is 11.5 Å². The van der Waals surface area contributed by atoms with E-state index in [4.69, 9.17) is 14.2 Å². The highest BCUT2D eigenvalue weighted by Crippen LogP contribution is 2.43. The highest BCUT2D eigenvalue weighted by atomic mass is 16.6. The highest BCUT2D eigenvalue weighted by molar-refractivity contribution is 5.98. The Hall–Kier alpha value is -1.71. The van der Waals surface area contributed by atoms with Crippen LogP contribution in [-0.4, -0.2) is 20.2 Å². The van der Waals surface area contributed by atoms with Gasteiger partial charge in [-0.2, -0.15) is 0 Å². The summed E-state index contributed by atoms with van der Waals surface area (Å²) in [6, 6.07) is 3.51. The second-order valence-electron chi connectivity index (χ2n) is 3.56. The minimum atomic E-state index is -0.336. The topological polar surface area (TPSA) is 44.8 Å². The van der Waals surface area contributed by atoms with E-state index in [1.807, 2.05) is 6.92 Å². The summed E-state index contributed by atoms with van der Waals surface area (Å²) in [5, 5.41) is 0. The van der Waals surface area contributed by atoms with E-state index in [2.05, 4.69) is 0 Å². The zero-order chi connectivity index (χ0) is 11.7. The van der Waals surface area contributed by atoms with Crippen LogP contribution < -0.4 is 9.47 Å². The number of benzene rings is 1. The molecule has 1 atom stereocenters. The van der Waals surface area contributed by atoms with Crippen LogP contribution in [-0.2, 0) is 4.74 Å². The quantitative estimate of drug-likeness (QED) is 0.736. The number of cyclic esters (lactones) is 1. The normalized spacial score (nSPS) is 17.9. The van der Waals surface area contributed by atoms with E-state index in [-0.39, 0.29) is 12.1 Å². The molecule has 1 aromatic carbocycles. The van der Waals surface area contributed by atoms with Gasteiger partial charge in [-0.05, 0) is 18.6 Å². The van der Waals surface area contributed by atoms with Crippen molar-refractivity contribution in [1.82, 2.24) is 0 Å². The van der Waals surface area contributed by atoms with Gasteiger partial charge in [-0.1, -0.05) is 6.92 Å². The second-order valence-corrected chi connectivity index (χ2v) is 3.56. The van der Waals surface area contributed by atoms with Crippen LogP contribution in [0.3, 0.4) is 0 Å². The van der Waals surface area contributed by atoms with E-state index in [1.54, 1.807) is 19.2 Å². The maximum absolute atomic E-state index is 11.7. The molecule has 4 heteroatoms. The minimum Gasteiger partial charge on any atom is -0.496 e. The monoisotopic (exact) mass is 222 g/mol. The highest BCUT2D eigenvalue weighted by Gasteiger charge is 2.35. The summed E-state index contributed by atoms with van der Waals surface area (Å²) in [7, 11) is 3.12. The third kappa shape index (κ3) is 1.41. The molecule has 1 aromatic rings. The number of hydrogen-bond acceptors (Lipinski definition) is 4. The molecule has 16 heavy (non-hydrogen) atoms. The van der Waals surface area contributed by atoms with Gasteiger partial charge in [0.05, 0.1) is 19.8 Å². The Labute approximate surface area is 94.1 Å². The number of hydrogen-bond donors (Lipinski definition) is 0. The molecule has 1 heterocycles. The summed E-state index contributed by atoms with van der Waals surface area (Å²) in [6.45, 7) is 1.96. The van der Waals surface area contributed by atoms with Gasteiger partial charge in [-0.15, -0.1) is 0 Å². The maximum Gasteiger partial charge on any atom is 0.343 e. The maximum atomic E-state index is 11.7. The van der Waals surface area contributed by atoms with E-state index >= 15 is 0 Å². The Morgan fingerprint density at radius 3 is 2.44 bits per heavy atom. The lowest BCUT2D eigenvalue weighted by Crippen LogP contribution is -1.99. The second kappa shape index (κ2) is 4.04. The first-order valence-corrected chi connectivity index (χ1v) is 5.18. The van der Waals surface area contributed by atoms with Crippen molar-refractivity contribution < 1.29 is 19.0 Å². The van der Waals surface area contributed by atoms with E-state index < -0.39 is 0 Å². The molecule has 0 saturated carbocycles. The molecule has 0 aliphatic carbocycles. The number of fused-ring (bicyclic) bond motifs is 1. The van der Waals surface area contributed by atoms with Gasteiger partial charge < -0.3 is 14.2 Å². The van der Waals surface area contributed by atoms with Crippen molar-refractivity contribution in [2.24, 2.45) is 0 Å². The molecule has 0 radical (unpaired) electrons. The van der Waals surface area contributed by atoms with Crippen LogP contribution in [0.15, 0.2) is 12.1 Å². The van der Waals surface area contributed by atoms with Crippen molar-refractivity contribution in [2.45, 2.75) is 19.4 Å². The van der Waals surface area contributed by atoms with Crippen molar-refractivity contribution in [3.63, 3.8) is 0 Å². The fourth-order valence-electron chi connectivity index (χ4n) is 1.99. The SMILES string of the molecule is CC[C@@H]1OC(=O)c2c(OC)ccc(OC)c21. The van der Waals surface area contributed by atoms with Crippen molar-refractivity contribution in [3.8, 4) is 11.5 Å². The summed E-state index contributed by atoms with van der Waals surface area (Å²) in [6.07, 6.45) is 0.495. The van der Waals surface area contributed by atoms with Crippen LogP contribution in [0.4, 0.5) is 0 Å². The molecule has 0 spiro atoms. The van der Waals surface area contributed by atoms with Gasteiger partial charge in [-0.3, -0.25) is 0 Å². The van der Waals surface area contributed by atoms with E-state index in [1.165, 1.54) is 7.11 Å². The molecule has 0 N–H and O–H groups in total. The lowest BCUT2D eigenvalue weighted by Gasteiger charge is -2.12. The van der Waals surface area contributed by atoms with Crippen molar-refractivity contribution in [2.75, 3.05) is 14.2 Å². The van der Waals surface area contributed by atoms with E-state index in [0.29, 0.717) is 17.1 Å². The first-order valence-electron chi connectivity index (χ1n) is 5.18. The first kappa shape index (κ1) is 10.8. The number of methoxy groups -OCH3 is 2. The van der Waals surface area contributed by atoms with E-state index in [0.717, 1.165) is 12.0 Å². The molecule has 0 unspecified atom stereocenters. The number of carbonyl (C=O) groups excluding carboxylic acids is 1. The van der Waals surface area contributed by atoms with Crippen LogP contribution in [0.1, 0.15) is 35.4 Å². The molecule has 4 nitrogen and oxygen atoms in total. The molecule has 0 saturated heterocycles. The van der Waals surface area contributed by atoms with Crippen molar-refractivity contribution >= 4 is 5.97 Å². The zero-order valence-electron chi connectivity index (χ0n) is 9.57. The predicted octanol–water partition coefficient (Wildman–Crippen LogP) is 2.33. The summed E-state index contributed by atoms with van der Waals surface area (Å²) in [5.74, 6) is 0.878. The molecule has 86 valence electrons. The third-order valence-electron chi connectivity index (χ3n) is 2.75. The molecule has 0 bridgehead atoms. The van der Waals surface area contributed by atoms with Crippen LogP contribution in [0.2, 0.25) is 0 Å². The molecule has 1 aliphatic rings. The van der Waals surface area contributed by atoms with Gasteiger partial charge in [0.15, 0.2) is 0 Å². The van der Waals surface area contributed by atoms with Gasteiger partial charge in [0, 0.05) is 0 Å². The fraction of sp³-hybridized carbons (Fsp3) is 0.417. The molecule has 2 rings (SSSR count). The first-order chi connectivity index (χ1) is 7.72. The van der Waals surface area contributed by atoms with Crippen LogP contribution >= 0.6 is 0 Å². The summed E-state index contributed by atoms with van der Waals surface area (Å²) in [5.41, 5.74) is 1.29. The number of ether oxygens (including phenoxy) is 3. The lowest BCUT2D eigenvalue weighted by molar-refractivity contribution is 0.0374. The molecule has 0 fully saturated rings. The molecule has 0 amide bonds. The summed E-state index contributed by atoms with van der Waals surface area (Å²) >= 11 is 0. The van der Waals surface area contributed by atoms with Crippen molar-refractivity contribution in [3.05, 3.63) is 23.3 Å². The largest absolute Gasteiger partial charge is 0.496 e. The predicted molar refractivity (Wildman–Crippen MR) is 58.0 cm³/mol. The summed E-state index contributed by atoms with van der Waals surface area (Å²) < 4.78 is 15.7. The number of rotatable bonds is 3. The summed E-state index contributed by atoms with van der Waals surface area (Å²) in [4.78, 5) is 11.7. The third-order valence-corrected chi connectivity index (χ3v) is 2.75. The lowest BCUT2D eigenvalue weighted by atomic mass is 10.0. The average Bonchev–Trinajstić information content (AvgIpc) is 2.66. The van der Waals surface area contributed by atoms with Gasteiger partial charge in [0.25, 0.3) is 0 Å². The molecular formula is C12H14O4. The number of carbonyl (C=O) groups is 1.